The van der Waals surface area contributed by atoms with E-state index < -0.39 is 5.60 Å². The molecule has 2 rings (SSSR count). The summed E-state index contributed by atoms with van der Waals surface area (Å²) >= 11 is 0. The van der Waals surface area contributed by atoms with Crippen LogP contribution in [0.15, 0.2) is 0 Å². The smallest absolute Gasteiger partial charge is 0.0771 e. The van der Waals surface area contributed by atoms with E-state index in [1.54, 1.807) is 0 Å². The molecule has 1 saturated heterocycles. The van der Waals surface area contributed by atoms with Crippen molar-refractivity contribution >= 4 is 0 Å². The molecule has 17 heavy (non-hydrogen) atoms. The van der Waals surface area contributed by atoms with Gasteiger partial charge in [0.15, 0.2) is 0 Å². The van der Waals surface area contributed by atoms with Crippen LogP contribution in [-0.2, 0) is 4.74 Å². The average molecular weight is 241 g/mol. The normalized spacial score (nSPS) is 40.4. The van der Waals surface area contributed by atoms with E-state index in [-0.39, 0.29) is 0 Å². The number of nitrogens with one attached hydrogen (secondary N) is 1. The Morgan fingerprint density at radius 1 is 1.35 bits per heavy atom. The first-order valence-electron chi connectivity index (χ1n) is 7.16. The number of hydrogen-bond donors (Lipinski definition) is 2. The molecule has 0 aromatic heterocycles. The lowest BCUT2D eigenvalue weighted by Gasteiger charge is -2.36. The lowest BCUT2D eigenvalue weighted by atomic mass is 9.79. The third-order valence-corrected chi connectivity index (χ3v) is 4.48. The largest absolute Gasteiger partial charge is 0.389 e. The van der Waals surface area contributed by atoms with Crippen LogP contribution in [0, 0.1) is 5.92 Å². The highest BCUT2D eigenvalue weighted by Gasteiger charge is 2.32. The van der Waals surface area contributed by atoms with Gasteiger partial charge in [0.1, 0.15) is 0 Å². The Labute approximate surface area is 105 Å². The van der Waals surface area contributed by atoms with Crippen molar-refractivity contribution in [1.29, 1.82) is 0 Å². The number of rotatable bonds is 4. The van der Waals surface area contributed by atoms with Gasteiger partial charge in [0, 0.05) is 19.2 Å². The van der Waals surface area contributed by atoms with E-state index in [1.807, 2.05) is 0 Å². The quantitative estimate of drug-likeness (QED) is 0.792. The van der Waals surface area contributed by atoms with Crippen LogP contribution < -0.4 is 5.32 Å². The van der Waals surface area contributed by atoms with Crippen molar-refractivity contribution in [1.82, 2.24) is 5.32 Å². The van der Waals surface area contributed by atoms with Gasteiger partial charge in [-0.3, -0.25) is 0 Å². The molecular formula is C14H27NO2. The van der Waals surface area contributed by atoms with Gasteiger partial charge in [0.05, 0.1) is 11.7 Å². The summed E-state index contributed by atoms with van der Waals surface area (Å²) in [4.78, 5) is 0. The summed E-state index contributed by atoms with van der Waals surface area (Å²) in [5.41, 5.74) is -0.473. The SMILES string of the molecule is CC1CCC(O)(CN[C@@H](C)[C@@H]2CCCO2)CC1. The molecule has 3 nitrogen and oxygen atoms in total. The second-order valence-corrected chi connectivity index (χ2v) is 6.13. The molecule has 2 aliphatic rings. The standard InChI is InChI=1S/C14H27NO2/c1-11-5-7-14(16,8-6-11)10-15-12(2)13-4-3-9-17-13/h11-13,15-16H,3-10H2,1-2H3/t11?,12-,13-,14?/m0/s1. The van der Waals surface area contributed by atoms with Gasteiger partial charge in [-0.2, -0.15) is 0 Å². The lowest BCUT2D eigenvalue weighted by molar-refractivity contribution is -0.0132. The third kappa shape index (κ3) is 3.67. The van der Waals surface area contributed by atoms with Crippen LogP contribution in [0.4, 0.5) is 0 Å². The molecule has 0 unspecified atom stereocenters. The average Bonchev–Trinajstić information content (AvgIpc) is 2.84. The molecule has 1 aliphatic heterocycles. The summed E-state index contributed by atoms with van der Waals surface area (Å²) in [5, 5.41) is 14.0. The minimum absolute atomic E-state index is 0.348. The summed E-state index contributed by atoms with van der Waals surface area (Å²) in [5.74, 6) is 0.783. The van der Waals surface area contributed by atoms with E-state index in [4.69, 9.17) is 4.74 Å². The molecule has 2 atom stereocenters. The van der Waals surface area contributed by atoms with E-state index in [0.29, 0.717) is 12.1 Å². The van der Waals surface area contributed by atoms with Crippen LogP contribution in [0.5, 0.6) is 0 Å². The monoisotopic (exact) mass is 241 g/mol. The molecule has 1 heterocycles. The summed E-state index contributed by atoms with van der Waals surface area (Å²) in [6.45, 7) is 6.08. The summed E-state index contributed by atoms with van der Waals surface area (Å²) in [7, 11) is 0. The maximum atomic E-state index is 10.5. The van der Waals surface area contributed by atoms with Crippen LogP contribution in [0.1, 0.15) is 52.4 Å². The highest BCUT2D eigenvalue weighted by atomic mass is 16.5. The molecule has 1 saturated carbocycles. The predicted octanol–water partition coefficient (Wildman–Crippen LogP) is 2.08. The van der Waals surface area contributed by atoms with Crippen molar-refractivity contribution in [3.05, 3.63) is 0 Å². The van der Waals surface area contributed by atoms with E-state index in [0.717, 1.165) is 51.2 Å². The van der Waals surface area contributed by atoms with Gasteiger partial charge < -0.3 is 15.2 Å². The maximum Gasteiger partial charge on any atom is 0.0771 e. The van der Waals surface area contributed by atoms with Crippen molar-refractivity contribution in [2.75, 3.05) is 13.2 Å². The molecule has 2 fully saturated rings. The molecule has 0 radical (unpaired) electrons. The zero-order valence-corrected chi connectivity index (χ0v) is 11.2. The first kappa shape index (κ1) is 13.3. The topological polar surface area (TPSA) is 41.5 Å². The van der Waals surface area contributed by atoms with Gasteiger partial charge in [0.2, 0.25) is 0 Å². The Hall–Kier alpha value is -0.120. The second-order valence-electron chi connectivity index (χ2n) is 6.13. The number of ether oxygens (including phenoxy) is 1. The van der Waals surface area contributed by atoms with Gasteiger partial charge >= 0.3 is 0 Å². The van der Waals surface area contributed by atoms with Crippen molar-refractivity contribution in [2.45, 2.75) is 70.1 Å². The van der Waals surface area contributed by atoms with Crippen molar-refractivity contribution in [2.24, 2.45) is 5.92 Å². The van der Waals surface area contributed by atoms with E-state index in [2.05, 4.69) is 19.2 Å². The van der Waals surface area contributed by atoms with Crippen LogP contribution in [-0.4, -0.2) is 36.0 Å². The molecule has 3 heteroatoms. The highest BCUT2D eigenvalue weighted by Crippen LogP contribution is 2.31. The van der Waals surface area contributed by atoms with E-state index >= 15 is 0 Å². The molecule has 0 aromatic carbocycles. The Bertz CT molecular complexity index is 230. The van der Waals surface area contributed by atoms with Crippen LogP contribution in [0.25, 0.3) is 0 Å². The molecule has 1 aliphatic carbocycles. The molecule has 0 spiro atoms. The highest BCUT2D eigenvalue weighted by molar-refractivity contribution is 4.88. The second kappa shape index (κ2) is 5.68. The van der Waals surface area contributed by atoms with E-state index in [1.165, 1.54) is 6.42 Å². The zero-order valence-electron chi connectivity index (χ0n) is 11.2. The van der Waals surface area contributed by atoms with Gasteiger partial charge in [-0.25, -0.2) is 0 Å². The summed E-state index contributed by atoms with van der Waals surface area (Å²) < 4.78 is 5.66. The zero-order chi connectivity index (χ0) is 12.3. The van der Waals surface area contributed by atoms with Crippen molar-refractivity contribution in [3.8, 4) is 0 Å². The summed E-state index contributed by atoms with van der Waals surface area (Å²) in [6.07, 6.45) is 6.89. The molecule has 0 aromatic rings. The summed E-state index contributed by atoms with van der Waals surface area (Å²) in [6, 6.07) is 0.362. The molecule has 0 bridgehead atoms. The van der Waals surface area contributed by atoms with Crippen molar-refractivity contribution in [3.63, 3.8) is 0 Å². The fourth-order valence-electron chi connectivity index (χ4n) is 2.96. The molecule has 2 N–H and O–H groups in total. The van der Waals surface area contributed by atoms with E-state index in [9.17, 15) is 5.11 Å². The number of aliphatic hydroxyl groups is 1. The Morgan fingerprint density at radius 2 is 2.06 bits per heavy atom. The van der Waals surface area contributed by atoms with Crippen LogP contribution >= 0.6 is 0 Å². The fourth-order valence-corrected chi connectivity index (χ4v) is 2.96. The molecular weight excluding hydrogens is 214 g/mol. The molecule has 0 amide bonds. The molecule has 100 valence electrons. The lowest BCUT2D eigenvalue weighted by Crippen LogP contribution is -2.48. The van der Waals surface area contributed by atoms with Crippen molar-refractivity contribution < 1.29 is 9.84 Å². The minimum Gasteiger partial charge on any atom is -0.389 e. The van der Waals surface area contributed by atoms with Crippen LogP contribution in [0.3, 0.4) is 0 Å². The van der Waals surface area contributed by atoms with Gasteiger partial charge in [0.25, 0.3) is 0 Å². The number of hydrogen-bond acceptors (Lipinski definition) is 3. The predicted molar refractivity (Wildman–Crippen MR) is 69.0 cm³/mol. The van der Waals surface area contributed by atoms with Gasteiger partial charge in [-0.15, -0.1) is 0 Å². The van der Waals surface area contributed by atoms with Gasteiger partial charge in [-0.05, 0) is 51.4 Å². The first-order valence-corrected chi connectivity index (χ1v) is 7.16. The van der Waals surface area contributed by atoms with Gasteiger partial charge in [-0.1, -0.05) is 6.92 Å². The Morgan fingerprint density at radius 3 is 2.65 bits per heavy atom. The first-order chi connectivity index (χ1) is 8.09. The maximum absolute atomic E-state index is 10.5. The minimum atomic E-state index is -0.473. The third-order valence-electron chi connectivity index (χ3n) is 4.48. The Balaban J connectivity index is 1.73. The van der Waals surface area contributed by atoms with Crippen LogP contribution in [0.2, 0.25) is 0 Å². The Kier molecular flexibility index (Phi) is 4.45. The fraction of sp³-hybridized carbons (Fsp3) is 1.00.